The number of hydrogen-bond acceptors (Lipinski definition) is 4. The molecule has 3 N–H and O–H groups in total. The second kappa shape index (κ2) is 7.79. The van der Waals surface area contributed by atoms with Gasteiger partial charge in [-0.3, -0.25) is 14.7 Å². The molecule has 1 heterocycles. The van der Waals surface area contributed by atoms with Crippen molar-refractivity contribution in [3.63, 3.8) is 0 Å². The van der Waals surface area contributed by atoms with Crippen molar-refractivity contribution < 1.29 is 4.79 Å². The molecule has 0 saturated carbocycles. The highest BCUT2D eigenvalue weighted by molar-refractivity contribution is 5.77. The van der Waals surface area contributed by atoms with Crippen molar-refractivity contribution in [1.29, 1.82) is 0 Å². The molecule has 0 fully saturated rings. The van der Waals surface area contributed by atoms with Crippen LogP contribution in [0.1, 0.15) is 24.6 Å². The summed E-state index contributed by atoms with van der Waals surface area (Å²) in [5, 5.41) is 2.86. The number of carbonyl (C=O) groups is 1. The van der Waals surface area contributed by atoms with Gasteiger partial charge in [0.1, 0.15) is 0 Å². The van der Waals surface area contributed by atoms with Gasteiger partial charge in [-0.25, -0.2) is 0 Å². The van der Waals surface area contributed by atoms with E-state index in [4.69, 9.17) is 5.73 Å². The first-order valence-corrected chi connectivity index (χ1v) is 6.24. The van der Waals surface area contributed by atoms with E-state index in [1.807, 2.05) is 31.0 Å². The fourth-order valence-corrected chi connectivity index (χ4v) is 1.67. The van der Waals surface area contributed by atoms with E-state index in [-0.39, 0.29) is 5.91 Å². The lowest BCUT2D eigenvalue weighted by atomic mass is 10.2. The number of pyridine rings is 1. The molecule has 0 aromatic carbocycles. The zero-order chi connectivity index (χ0) is 13.4. The minimum Gasteiger partial charge on any atom is -0.355 e. The molecule has 0 saturated heterocycles. The fraction of sp³-hybridized carbons (Fsp3) is 0.538. The molecule has 0 unspecified atom stereocenters. The van der Waals surface area contributed by atoms with Gasteiger partial charge in [-0.05, 0) is 31.2 Å². The minimum atomic E-state index is 0.0625. The lowest BCUT2D eigenvalue weighted by Crippen LogP contribution is -2.35. The topological polar surface area (TPSA) is 71.2 Å². The number of nitrogens with two attached hydrogens (primary N) is 1. The summed E-state index contributed by atoms with van der Waals surface area (Å²) in [5.74, 6) is 0.0625. The Hall–Kier alpha value is -1.46. The third kappa shape index (κ3) is 5.25. The normalized spacial score (nSPS) is 10.7. The molecule has 18 heavy (non-hydrogen) atoms. The highest BCUT2D eigenvalue weighted by Gasteiger charge is 2.06. The van der Waals surface area contributed by atoms with Crippen molar-refractivity contribution in [2.75, 3.05) is 20.1 Å². The molecule has 0 bridgehead atoms. The van der Waals surface area contributed by atoms with Gasteiger partial charge in [-0.15, -0.1) is 0 Å². The van der Waals surface area contributed by atoms with Gasteiger partial charge in [0.25, 0.3) is 0 Å². The molecule has 1 aromatic heterocycles. The molecule has 5 nitrogen and oxygen atoms in total. The van der Waals surface area contributed by atoms with Crippen LogP contribution >= 0.6 is 0 Å². The zero-order valence-electron chi connectivity index (χ0n) is 11.1. The number of amides is 1. The average Bonchev–Trinajstić information content (AvgIpc) is 2.36. The van der Waals surface area contributed by atoms with Crippen LogP contribution < -0.4 is 11.1 Å². The Morgan fingerprint density at radius 2 is 2.33 bits per heavy atom. The lowest BCUT2D eigenvalue weighted by molar-refractivity contribution is -0.122. The Balaban J connectivity index is 2.43. The van der Waals surface area contributed by atoms with Crippen LogP contribution in [-0.2, 0) is 17.9 Å². The van der Waals surface area contributed by atoms with Crippen LogP contribution in [0.2, 0.25) is 0 Å². The number of nitrogens with one attached hydrogen (secondary N) is 1. The summed E-state index contributed by atoms with van der Waals surface area (Å²) in [6.07, 6.45) is 2.71. The first-order valence-electron chi connectivity index (χ1n) is 6.24. The van der Waals surface area contributed by atoms with Crippen LogP contribution in [0.3, 0.4) is 0 Å². The predicted molar refractivity (Wildman–Crippen MR) is 71.8 cm³/mol. The van der Waals surface area contributed by atoms with Crippen molar-refractivity contribution in [3.05, 3.63) is 29.6 Å². The smallest absolute Gasteiger partial charge is 0.234 e. The van der Waals surface area contributed by atoms with Gasteiger partial charge in [-0.1, -0.05) is 6.92 Å². The summed E-state index contributed by atoms with van der Waals surface area (Å²) in [6.45, 7) is 4.33. The number of likely N-dealkylation sites (N-methyl/N-ethyl adjacent to an activating group) is 1. The second-order valence-corrected chi connectivity index (χ2v) is 4.38. The maximum Gasteiger partial charge on any atom is 0.234 e. The van der Waals surface area contributed by atoms with E-state index in [1.54, 1.807) is 6.20 Å². The largest absolute Gasteiger partial charge is 0.355 e. The minimum absolute atomic E-state index is 0.0625. The van der Waals surface area contributed by atoms with Crippen molar-refractivity contribution >= 4 is 5.91 Å². The van der Waals surface area contributed by atoms with Crippen LogP contribution in [0.15, 0.2) is 18.3 Å². The Morgan fingerprint density at radius 3 is 3.00 bits per heavy atom. The maximum atomic E-state index is 11.5. The third-order valence-corrected chi connectivity index (χ3v) is 2.53. The molecule has 0 spiro atoms. The van der Waals surface area contributed by atoms with E-state index in [0.717, 1.165) is 30.8 Å². The van der Waals surface area contributed by atoms with Crippen molar-refractivity contribution in [2.45, 2.75) is 26.4 Å². The average molecular weight is 250 g/mol. The first-order chi connectivity index (χ1) is 8.65. The monoisotopic (exact) mass is 250 g/mol. The van der Waals surface area contributed by atoms with E-state index < -0.39 is 0 Å². The van der Waals surface area contributed by atoms with Gasteiger partial charge in [0.2, 0.25) is 5.91 Å². The predicted octanol–water partition coefficient (Wildman–Crippen LogP) is 0.498. The van der Waals surface area contributed by atoms with Gasteiger partial charge < -0.3 is 11.1 Å². The molecule has 0 aliphatic carbocycles. The Labute approximate surface area is 108 Å². The number of hydrogen-bond donors (Lipinski definition) is 2. The molecule has 0 aliphatic heterocycles. The van der Waals surface area contributed by atoms with E-state index in [1.165, 1.54) is 0 Å². The quantitative estimate of drug-likeness (QED) is 0.739. The van der Waals surface area contributed by atoms with E-state index in [2.05, 4.69) is 10.3 Å². The molecule has 0 atom stereocenters. The third-order valence-electron chi connectivity index (χ3n) is 2.53. The standard InChI is InChI=1S/C13H22N4O/c1-3-5-16-13(18)10-17(2)9-11-4-6-15-12(7-11)8-14/h4,6-7H,3,5,8-10,14H2,1-2H3,(H,16,18). The maximum absolute atomic E-state index is 11.5. The van der Waals surface area contributed by atoms with Crippen LogP contribution in [0.25, 0.3) is 0 Å². The number of nitrogens with zero attached hydrogens (tertiary/aromatic N) is 2. The van der Waals surface area contributed by atoms with E-state index in [0.29, 0.717) is 13.1 Å². The summed E-state index contributed by atoms with van der Waals surface area (Å²) < 4.78 is 0. The lowest BCUT2D eigenvalue weighted by Gasteiger charge is -2.16. The van der Waals surface area contributed by atoms with Crippen LogP contribution in [-0.4, -0.2) is 35.9 Å². The molecular formula is C13H22N4O. The van der Waals surface area contributed by atoms with Gasteiger partial charge in [-0.2, -0.15) is 0 Å². The SMILES string of the molecule is CCCNC(=O)CN(C)Cc1ccnc(CN)c1. The summed E-state index contributed by atoms with van der Waals surface area (Å²) >= 11 is 0. The highest BCUT2D eigenvalue weighted by Crippen LogP contribution is 2.04. The molecule has 5 heteroatoms. The molecule has 0 radical (unpaired) electrons. The second-order valence-electron chi connectivity index (χ2n) is 4.38. The molecule has 1 aromatic rings. The van der Waals surface area contributed by atoms with E-state index >= 15 is 0 Å². The highest BCUT2D eigenvalue weighted by atomic mass is 16.2. The van der Waals surface area contributed by atoms with E-state index in [9.17, 15) is 4.79 Å². The van der Waals surface area contributed by atoms with Crippen LogP contribution in [0.4, 0.5) is 0 Å². The fourth-order valence-electron chi connectivity index (χ4n) is 1.67. The van der Waals surface area contributed by atoms with Gasteiger partial charge in [0.05, 0.1) is 12.2 Å². The van der Waals surface area contributed by atoms with Gasteiger partial charge >= 0.3 is 0 Å². The number of aromatic nitrogens is 1. The number of rotatable bonds is 7. The van der Waals surface area contributed by atoms with Crippen molar-refractivity contribution in [1.82, 2.24) is 15.2 Å². The zero-order valence-corrected chi connectivity index (χ0v) is 11.1. The van der Waals surface area contributed by atoms with Gasteiger partial charge in [0, 0.05) is 25.8 Å². The molecule has 1 rings (SSSR count). The van der Waals surface area contributed by atoms with Crippen molar-refractivity contribution in [3.8, 4) is 0 Å². The number of carbonyl (C=O) groups excluding carboxylic acids is 1. The Morgan fingerprint density at radius 1 is 1.56 bits per heavy atom. The van der Waals surface area contributed by atoms with Crippen LogP contribution in [0, 0.1) is 0 Å². The molecular weight excluding hydrogens is 228 g/mol. The molecule has 100 valence electrons. The summed E-state index contributed by atoms with van der Waals surface area (Å²) in [6, 6.07) is 3.92. The summed E-state index contributed by atoms with van der Waals surface area (Å²) in [4.78, 5) is 17.7. The molecule has 1 amide bonds. The Bertz CT molecular complexity index is 381. The Kier molecular flexibility index (Phi) is 6.32. The summed E-state index contributed by atoms with van der Waals surface area (Å²) in [5.41, 5.74) is 7.54. The van der Waals surface area contributed by atoms with Crippen molar-refractivity contribution in [2.24, 2.45) is 5.73 Å². The summed E-state index contributed by atoms with van der Waals surface area (Å²) in [7, 11) is 1.92. The molecule has 0 aliphatic rings. The van der Waals surface area contributed by atoms with Gasteiger partial charge in [0.15, 0.2) is 0 Å². The first kappa shape index (κ1) is 14.6. The van der Waals surface area contributed by atoms with Crippen LogP contribution in [0.5, 0.6) is 0 Å².